The highest BCUT2D eigenvalue weighted by Crippen LogP contribution is 2.29. The number of anilines is 2. The first-order chi connectivity index (χ1) is 20.4. The van der Waals surface area contributed by atoms with Gasteiger partial charge in [0.05, 0.1) is 10.0 Å². The highest BCUT2D eigenvalue weighted by Gasteiger charge is 2.25. The van der Waals surface area contributed by atoms with E-state index in [2.05, 4.69) is 32.2 Å². The molecule has 1 aliphatic rings. The first-order valence-corrected chi connectivity index (χ1v) is 15.3. The zero-order valence-corrected chi connectivity index (χ0v) is 24.9. The number of aromatic nitrogens is 2. The molecule has 8 nitrogen and oxygen atoms in total. The van der Waals surface area contributed by atoms with Gasteiger partial charge in [-0.2, -0.15) is 11.8 Å². The number of carboxylic acids is 1. The molecule has 0 aliphatic carbocycles. The van der Waals surface area contributed by atoms with E-state index >= 15 is 0 Å². The van der Waals surface area contributed by atoms with Gasteiger partial charge < -0.3 is 20.2 Å². The van der Waals surface area contributed by atoms with Crippen molar-refractivity contribution in [3.63, 3.8) is 0 Å². The Morgan fingerprint density at radius 1 is 0.857 bits per heavy atom. The van der Waals surface area contributed by atoms with E-state index in [1.165, 1.54) is 11.8 Å². The largest absolute Gasteiger partial charge is 0.480 e. The fraction of sp³-hybridized carbons (Fsp3) is 0.226. The van der Waals surface area contributed by atoms with E-state index in [-0.39, 0.29) is 11.4 Å². The normalized spacial score (nSPS) is 14.0. The van der Waals surface area contributed by atoms with Gasteiger partial charge in [0.1, 0.15) is 17.6 Å². The van der Waals surface area contributed by atoms with Crippen molar-refractivity contribution in [1.29, 1.82) is 0 Å². The molecule has 0 spiro atoms. The molecule has 11 heteroatoms. The fourth-order valence-corrected chi connectivity index (χ4v) is 5.89. The van der Waals surface area contributed by atoms with Gasteiger partial charge >= 0.3 is 5.97 Å². The highest BCUT2D eigenvalue weighted by atomic mass is 35.5. The van der Waals surface area contributed by atoms with Gasteiger partial charge in [0.15, 0.2) is 5.82 Å². The smallest absolute Gasteiger partial charge is 0.327 e. The predicted molar refractivity (Wildman–Crippen MR) is 170 cm³/mol. The second-order valence-electron chi connectivity index (χ2n) is 9.74. The number of nitrogens with one attached hydrogen (secondary N) is 1. The second kappa shape index (κ2) is 13.9. The number of benzene rings is 3. The third-order valence-electron chi connectivity index (χ3n) is 6.85. The molecule has 1 amide bonds. The van der Waals surface area contributed by atoms with E-state index in [4.69, 9.17) is 28.2 Å². The summed E-state index contributed by atoms with van der Waals surface area (Å²) in [7, 11) is 0. The van der Waals surface area contributed by atoms with Gasteiger partial charge in [0.25, 0.3) is 5.91 Å². The number of aliphatic carboxylic acids is 1. The summed E-state index contributed by atoms with van der Waals surface area (Å²) in [5.74, 6) is 0.0145. The van der Waals surface area contributed by atoms with Crippen molar-refractivity contribution in [2.75, 3.05) is 41.7 Å². The highest BCUT2D eigenvalue weighted by molar-refractivity contribution is 7.98. The summed E-state index contributed by atoms with van der Waals surface area (Å²) in [5, 5.41) is 13.2. The van der Waals surface area contributed by atoms with E-state index in [1.54, 1.807) is 24.3 Å². The number of rotatable bonds is 10. The molecule has 1 saturated heterocycles. The van der Waals surface area contributed by atoms with Crippen LogP contribution in [0.1, 0.15) is 16.1 Å². The molecule has 1 atom stereocenters. The van der Waals surface area contributed by atoms with Crippen LogP contribution in [0.25, 0.3) is 11.4 Å². The number of hydrogen-bond acceptors (Lipinski definition) is 7. The average Bonchev–Trinajstić information content (AvgIpc) is 3.02. The number of carbonyl (C=O) groups is 2. The van der Waals surface area contributed by atoms with Crippen LogP contribution in [0.5, 0.6) is 0 Å². The van der Waals surface area contributed by atoms with Crippen molar-refractivity contribution in [3.8, 4) is 11.4 Å². The molecule has 0 bridgehead atoms. The van der Waals surface area contributed by atoms with Crippen LogP contribution in [-0.4, -0.2) is 64.9 Å². The summed E-state index contributed by atoms with van der Waals surface area (Å²) in [6, 6.07) is 25.5. The van der Waals surface area contributed by atoms with Crippen molar-refractivity contribution in [2.45, 2.75) is 11.8 Å². The lowest BCUT2D eigenvalue weighted by atomic mass is 10.2. The van der Waals surface area contributed by atoms with Crippen LogP contribution < -0.4 is 15.1 Å². The van der Waals surface area contributed by atoms with Crippen molar-refractivity contribution in [1.82, 2.24) is 15.3 Å². The van der Waals surface area contributed by atoms with Crippen LogP contribution >= 0.6 is 35.0 Å². The molecule has 4 aromatic rings. The Morgan fingerprint density at radius 3 is 2.19 bits per heavy atom. The maximum Gasteiger partial charge on any atom is 0.327 e. The Balaban J connectivity index is 1.36. The number of halogens is 2. The minimum atomic E-state index is -1.11. The number of hydrogen-bond donors (Lipinski definition) is 2. The number of carbonyl (C=O) groups excluding carboxylic acids is 1. The molecule has 0 unspecified atom stereocenters. The van der Waals surface area contributed by atoms with Gasteiger partial charge in [-0.25, -0.2) is 14.8 Å². The first-order valence-electron chi connectivity index (χ1n) is 13.4. The van der Waals surface area contributed by atoms with Gasteiger partial charge in [-0.15, -0.1) is 0 Å². The SMILES string of the molecule is O=C(N[C@@H](CSCc1ccccc1)C(=O)O)c1cc(N2CCN(c3ccccc3)CC2)nc(-c2ccc(Cl)c(Cl)c2)n1. The van der Waals surface area contributed by atoms with Gasteiger partial charge in [-0.1, -0.05) is 71.7 Å². The maximum absolute atomic E-state index is 13.4. The van der Waals surface area contributed by atoms with Gasteiger partial charge in [-0.05, 0) is 35.9 Å². The second-order valence-corrected chi connectivity index (χ2v) is 11.6. The van der Waals surface area contributed by atoms with E-state index in [0.717, 1.165) is 24.3 Å². The molecule has 5 rings (SSSR count). The summed E-state index contributed by atoms with van der Waals surface area (Å²) in [6.45, 7) is 2.91. The lowest BCUT2D eigenvalue weighted by Gasteiger charge is -2.36. The quantitative estimate of drug-likeness (QED) is 0.226. The molecule has 1 fully saturated rings. The zero-order chi connectivity index (χ0) is 29.5. The van der Waals surface area contributed by atoms with E-state index in [9.17, 15) is 14.7 Å². The third kappa shape index (κ3) is 7.53. The Morgan fingerprint density at radius 2 is 1.52 bits per heavy atom. The standard InChI is InChI=1S/C31H29Cl2N5O3S/c32-24-12-11-22(17-25(24)33)29-34-26(30(39)35-27(31(40)41)20-42-19-21-7-3-1-4-8-21)18-28(36-29)38-15-13-37(14-16-38)23-9-5-2-6-10-23/h1-12,17-18,27H,13-16,19-20H2,(H,35,39)(H,40,41)/t27-/m0/s1. The number of amides is 1. The lowest BCUT2D eigenvalue weighted by Crippen LogP contribution is -2.47. The molecule has 216 valence electrons. The molecule has 2 N–H and O–H groups in total. The summed E-state index contributed by atoms with van der Waals surface area (Å²) < 4.78 is 0. The number of piperazine rings is 1. The topological polar surface area (TPSA) is 98.7 Å². The summed E-state index contributed by atoms with van der Waals surface area (Å²) in [4.78, 5) is 39.1. The Kier molecular flexibility index (Phi) is 9.84. The molecule has 0 radical (unpaired) electrons. The Labute approximate surface area is 258 Å². The number of para-hydroxylation sites is 1. The summed E-state index contributed by atoms with van der Waals surface area (Å²) in [5.41, 5.74) is 2.90. The minimum Gasteiger partial charge on any atom is -0.480 e. The van der Waals surface area contributed by atoms with Crippen LogP contribution in [0.2, 0.25) is 10.0 Å². The van der Waals surface area contributed by atoms with Crippen LogP contribution in [0, 0.1) is 0 Å². The fourth-order valence-electron chi connectivity index (χ4n) is 4.59. The summed E-state index contributed by atoms with van der Waals surface area (Å²) >= 11 is 13.8. The molecule has 3 aromatic carbocycles. The van der Waals surface area contributed by atoms with E-state index in [1.807, 2.05) is 48.5 Å². The molecule has 42 heavy (non-hydrogen) atoms. The molecule has 2 heterocycles. The molecule has 1 aromatic heterocycles. The molecular formula is C31H29Cl2N5O3S. The zero-order valence-electron chi connectivity index (χ0n) is 22.6. The molecular weight excluding hydrogens is 593 g/mol. The van der Waals surface area contributed by atoms with Crippen molar-refractivity contribution in [2.24, 2.45) is 0 Å². The van der Waals surface area contributed by atoms with Crippen LogP contribution in [0.3, 0.4) is 0 Å². The third-order valence-corrected chi connectivity index (χ3v) is 8.69. The maximum atomic E-state index is 13.4. The Bertz CT molecular complexity index is 1540. The Hall–Kier alpha value is -3.79. The van der Waals surface area contributed by atoms with E-state index in [0.29, 0.717) is 46.1 Å². The number of thioether (sulfide) groups is 1. The van der Waals surface area contributed by atoms with E-state index < -0.39 is 17.9 Å². The monoisotopic (exact) mass is 621 g/mol. The summed E-state index contributed by atoms with van der Waals surface area (Å²) in [6.07, 6.45) is 0. The molecule has 0 saturated carbocycles. The minimum absolute atomic E-state index is 0.0749. The predicted octanol–water partition coefficient (Wildman–Crippen LogP) is 5.89. The van der Waals surface area contributed by atoms with Crippen LogP contribution in [0.15, 0.2) is 84.9 Å². The first kappa shape index (κ1) is 29.7. The van der Waals surface area contributed by atoms with Crippen LogP contribution in [0.4, 0.5) is 11.5 Å². The number of nitrogens with zero attached hydrogens (tertiary/aromatic N) is 4. The molecule has 1 aliphatic heterocycles. The van der Waals surface area contributed by atoms with Gasteiger partial charge in [-0.3, -0.25) is 4.79 Å². The van der Waals surface area contributed by atoms with Crippen molar-refractivity contribution in [3.05, 3.63) is 106 Å². The van der Waals surface area contributed by atoms with Gasteiger partial charge in [0.2, 0.25) is 0 Å². The average molecular weight is 623 g/mol. The van der Waals surface area contributed by atoms with Crippen molar-refractivity contribution < 1.29 is 14.7 Å². The van der Waals surface area contributed by atoms with Crippen molar-refractivity contribution >= 4 is 58.3 Å². The van der Waals surface area contributed by atoms with Crippen LogP contribution in [-0.2, 0) is 10.5 Å². The lowest BCUT2D eigenvalue weighted by molar-refractivity contribution is -0.138. The number of carboxylic acid groups (broad SMARTS) is 1. The van der Waals surface area contributed by atoms with Gasteiger partial charge in [0, 0.05) is 55.0 Å².